The number of thioether (sulfide) groups is 1. The molecule has 1 aliphatic rings. The number of ketones is 3. The van der Waals surface area contributed by atoms with E-state index in [-0.39, 0.29) is 42.2 Å². The summed E-state index contributed by atoms with van der Waals surface area (Å²) in [6.07, 6.45) is 1.45. The van der Waals surface area contributed by atoms with Gasteiger partial charge in [-0.1, -0.05) is 20.8 Å². The third-order valence-electron chi connectivity index (χ3n) is 4.29. The molecule has 1 aliphatic carbocycles. The number of ether oxygens (including phenoxy) is 1. The Morgan fingerprint density at radius 1 is 1.25 bits per heavy atom. The summed E-state index contributed by atoms with van der Waals surface area (Å²) in [5.41, 5.74) is 0. The normalized spacial score (nSPS) is 25.4. The van der Waals surface area contributed by atoms with E-state index < -0.39 is 23.6 Å². The molecule has 0 aromatic heterocycles. The molecule has 0 heterocycles. The Morgan fingerprint density at radius 3 is 2.46 bits per heavy atom. The number of rotatable bonds is 9. The minimum Gasteiger partial charge on any atom is -0.465 e. The lowest BCUT2D eigenvalue weighted by molar-refractivity contribution is -0.159. The number of carbonyl (C=O) groups excluding carboxylic acids is 4. The maximum Gasteiger partial charge on any atom is 0.316 e. The molecule has 1 rings (SSSR count). The van der Waals surface area contributed by atoms with Gasteiger partial charge in [-0.3, -0.25) is 19.2 Å². The van der Waals surface area contributed by atoms with Crippen LogP contribution in [0.1, 0.15) is 53.4 Å². The Morgan fingerprint density at radius 2 is 1.92 bits per heavy atom. The number of carbonyl (C=O) groups is 4. The Labute approximate surface area is 148 Å². The van der Waals surface area contributed by atoms with Gasteiger partial charge in [0.05, 0.1) is 6.61 Å². The van der Waals surface area contributed by atoms with Gasteiger partial charge in [0.25, 0.3) is 0 Å². The van der Waals surface area contributed by atoms with Crippen LogP contribution in [0.5, 0.6) is 0 Å². The van der Waals surface area contributed by atoms with Crippen LogP contribution in [0.4, 0.5) is 0 Å². The zero-order valence-corrected chi connectivity index (χ0v) is 15.8. The number of hydrogen-bond donors (Lipinski definition) is 0. The van der Waals surface area contributed by atoms with Crippen LogP contribution in [0.25, 0.3) is 0 Å². The van der Waals surface area contributed by atoms with Gasteiger partial charge in [0.1, 0.15) is 11.8 Å². The van der Waals surface area contributed by atoms with E-state index in [1.165, 1.54) is 0 Å². The summed E-state index contributed by atoms with van der Waals surface area (Å²) in [7, 11) is 0. The Balaban J connectivity index is 3.04. The highest BCUT2D eigenvalue weighted by Gasteiger charge is 2.49. The van der Waals surface area contributed by atoms with Crippen molar-refractivity contribution in [3.8, 4) is 0 Å². The smallest absolute Gasteiger partial charge is 0.316 e. The van der Waals surface area contributed by atoms with Crippen molar-refractivity contribution in [2.45, 2.75) is 58.6 Å². The first kappa shape index (κ1) is 20.9. The first-order valence-corrected chi connectivity index (χ1v) is 9.79. The van der Waals surface area contributed by atoms with E-state index in [2.05, 4.69) is 0 Å². The third kappa shape index (κ3) is 5.16. The molecule has 6 heteroatoms. The second kappa shape index (κ2) is 9.97. The summed E-state index contributed by atoms with van der Waals surface area (Å²) in [6, 6.07) is 0. The van der Waals surface area contributed by atoms with Crippen LogP contribution < -0.4 is 0 Å². The van der Waals surface area contributed by atoms with Crippen LogP contribution in [0.2, 0.25) is 0 Å². The van der Waals surface area contributed by atoms with Crippen LogP contribution >= 0.6 is 11.8 Å². The lowest BCUT2D eigenvalue weighted by atomic mass is 9.69. The number of hydrogen-bond acceptors (Lipinski definition) is 6. The van der Waals surface area contributed by atoms with E-state index in [1.807, 2.05) is 20.8 Å². The molecular weight excluding hydrogens is 328 g/mol. The predicted octanol–water partition coefficient (Wildman–Crippen LogP) is 2.84. The highest BCUT2D eigenvalue weighted by atomic mass is 32.2. The van der Waals surface area contributed by atoms with Crippen molar-refractivity contribution in [2.75, 3.05) is 12.4 Å². The van der Waals surface area contributed by atoms with Gasteiger partial charge in [0.15, 0.2) is 17.3 Å². The molecule has 0 aromatic rings. The molecule has 24 heavy (non-hydrogen) atoms. The van der Waals surface area contributed by atoms with Crippen LogP contribution in [0.3, 0.4) is 0 Å². The molecule has 0 saturated heterocycles. The number of esters is 1. The molecule has 5 nitrogen and oxygen atoms in total. The van der Waals surface area contributed by atoms with Gasteiger partial charge in [0.2, 0.25) is 0 Å². The second-order valence-corrected chi connectivity index (χ2v) is 7.93. The monoisotopic (exact) mass is 356 g/mol. The van der Waals surface area contributed by atoms with Gasteiger partial charge >= 0.3 is 5.97 Å². The first-order valence-electron chi connectivity index (χ1n) is 8.74. The van der Waals surface area contributed by atoms with E-state index in [0.29, 0.717) is 12.8 Å². The molecule has 0 spiro atoms. The van der Waals surface area contributed by atoms with Crippen molar-refractivity contribution < 1.29 is 23.9 Å². The Kier molecular flexibility index (Phi) is 8.67. The molecule has 136 valence electrons. The zero-order chi connectivity index (χ0) is 18.3. The summed E-state index contributed by atoms with van der Waals surface area (Å²) in [6.45, 7) is 7.75. The highest BCUT2D eigenvalue weighted by molar-refractivity contribution is 7.99. The summed E-state index contributed by atoms with van der Waals surface area (Å²) in [4.78, 5) is 49.7. The quantitative estimate of drug-likeness (QED) is 0.467. The molecule has 0 aromatic carbocycles. The Hall–Kier alpha value is -1.17. The largest absolute Gasteiger partial charge is 0.465 e. The summed E-state index contributed by atoms with van der Waals surface area (Å²) in [5, 5.41) is 0.236. The maximum atomic E-state index is 12.8. The van der Waals surface area contributed by atoms with Crippen LogP contribution in [-0.4, -0.2) is 40.9 Å². The minimum absolute atomic E-state index is 0.101. The van der Waals surface area contributed by atoms with Crippen molar-refractivity contribution >= 4 is 35.1 Å². The summed E-state index contributed by atoms with van der Waals surface area (Å²) >= 11 is 1.73. The molecule has 1 saturated carbocycles. The van der Waals surface area contributed by atoms with Gasteiger partial charge < -0.3 is 4.74 Å². The van der Waals surface area contributed by atoms with Gasteiger partial charge in [-0.15, -0.1) is 0 Å². The molecule has 4 atom stereocenters. The topological polar surface area (TPSA) is 77.5 Å². The van der Waals surface area contributed by atoms with E-state index in [4.69, 9.17) is 4.74 Å². The lowest BCUT2D eigenvalue weighted by Crippen LogP contribution is -2.48. The number of Topliss-reactive ketones (excluding diaryl/α,β-unsaturated/α-hetero) is 3. The standard InChI is InChI=1S/C18H28O5S/c1-5-8-13(19)16-14(20)10-12(9-11(4)24-7-3)15(17(16)21)18(22)23-6-2/h11-12,15-16H,5-10H2,1-4H3. The molecule has 1 fully saturated rings. The van der Waals surface area contributed by atoms with Crippen LogP contribution in [0.15, 0.2) is 0 Å². The van der Waals surface area contributed by atoms with E-state index in [1.54, 1.807) is 18.7 Å². The molecule has 0 N–H and O–H groups in total. The highest BCUT2D eigenvalue weighted by Crippen LogP contribution is 2.36. The van der Waals surface area contributed by atoms with E-state index >= 15 is 0 Å². The lowest BCUT2D eigenvalue weighted by Gasteiger charge is -2.33. The summed E-state index contributed by atoms with van der Waals surface area (Å²) in [5.74, 6) is -3.56. The van der Waals surface area contributed by atoms with E-state index in [9.17, 15) is 19.2 Å². The van der Waals surface area contributed by atoms with Crippen molar-refractivity contribution in [3.05, 3.63) is 0 Å². The molecular formula is C18H28O5S. The fourth-order valence-corrected chi connectivity index (χ4v) is 4.28. The Bertz CT molecular complexity index is 488. The van der Waals surface area contributed by atoms with Gasteiger partial charge in [-0.2, -0.15) is 11.8 Å². The maximum absolute atomic E-state index is 12.8. The summed E-state index contributed by atoms with van der Waals surface area (Å²) < 4.78 is 5.06. The van der Waals surface area contributed by atoms with Crippen molar-refractivity contribution in [1.82, 2.24) is 0 Å². The fourth-order valence-electron chi connectivity index (χ4n) is 3.33. The van der Waals surface area contributed by atoms with Crippen molar-refractivity contribution in [1.29, 1.82) is 0 Å². The van der Waals surface area contributed by atoms with Gasteiger partial charge in [-0.05, 0) is 31.4 Å². The fraction of sp³-hybridized carbons (Fsp3) is 0.778. The zero-order valence-electron chi connectivity index (χ0n) is 15.0. The van der Waals surface area contributed by atoms with Gasteiger partial charge in [-0.25, -0.2) is 0 Å². The van der Waals surface area contributed by atoms with E-state index in [0.717, 1.165) is 5.75 Å². The first-order chi connectivity index (χ1) is 11.4. The average molecular weight is 356 g/mol. The van der Waals surface area contributed by atoms with Crippen molar-refractivity contribution in [3.63, 3.8) is 0 Å². The predicted molar refractivity (Wildman–Crippen MR) is 93.9 cm³/mol. The van der Waals surface area contributed by atoms with Crippen molar-refractivity contribution in [2.24, 2.45) is 17.8 Å². The minimum atomic E-state index is -1.27. The SMILES string of the molecule is CCCC(=O)C1C(=O)CC(CC(C)SCC)C(C(=O)OCC)C1=O. The third-order valence-corrected chi connectivity index (χ3v) is 5.39. The molecule has 0 bridgehead atoms. The molecule has 4 unspecified atom stereocenters. The molecule has 0 amide bonds. The molecule has 0 radical (unpaired) electrons. The van der Waals surface area contributed by atoms with Gasteiger partial charge in [0, 0.05) is 18.1 Å². The average Bonchev–Trinajstić information content (AvgIpc) is 2.47. The second-order valence-electron chi connectivity index (χ2n) is 6.21. The van der Waals surface area contributed by atoms with Crippen LogP contribution in [-0.2, 0) is 23.9 Å². The van der Waals surface area contributed by atoms with Crippen LogP contribution in [0, 0.1) is 17.8 Å². The molecule has 0 aliphatic heterocycles.